The minimum absolute atomic E-state index is 0.0537. The zero-order valence-electron chi connectivity index (χ0n) is 11.9. The van der Waals surface area contributed by atoms with Gasteiger partial charge in [0.15, 0.2) is 0 Å². The number of hydrogen-bond acceptors (Lipinski definition) is 1. The van der Waals surface area contributed by atoms with Crippen molar-refractivity contribution in [3.63, 3.8) is 0 Å². The van der Waals surface area contributed by atoms with Crippen LogP contribution in [0.15, 0.2) is 24.3 Å². The third kappa shape index (κ3) is 1.49. The van der Waals surface area contributed by atoms with Crippen molar-refractivity contribution in [2.24, 2.45) is 28.9 Å². The van der Waals surface area contributed by atoms with Gasteiger partial charge in [0.1, 0.15) is 0 Å². The molecule has 100 valence electrons. The van der Waals surface area contributed by atoms with Gasteiger partial charge in [-0.05, 0) is 74.2 Å². The maximum absolute atomic E-state index is 6.62. The Morgan fingerprint density at radius 1 is 1.28 bits per heavy atom. The molecular weight excluding hydrogens is 218 g/mol. The van der Waals surface area contributed by atoms with Crippen LogP contribution in [0.5, 0.6) is 0 Å². The number of allylic oxidation sites excluding steroid dienone is 3. The molecule has 3 aliphatic rings. The molecule has 0 bridgehead atoms. The van der Waals surface area contributed by atoms with E-state index in [2.05, 4.69) is 32.6 Å². The summed E-state index contributed by atoms with van der Waals surface area (Å²) < 4.78 is 0. The van der Waals surface area contributed by atoms with Crippen molar-refractivity contribution in [3.8, 4) is 0 Å². The highest BCUT2D eigenvalue weighted by molar-refractivity contribution is 5.26. The van der Waals surface area contributed by atoms with Crippen LogP contribution in [0.1, 0.15) is 52.4 Å². The third-order valence-corrected chi connectivity index (χ3v) is 6.65. The summed E-state index contributed by atoms with van der Waals surface area (Å²) in [7, 11) is 0. The number of fused-ring (bicyclic) bond motifs is 3. The first-order valence-electron chi connectivity index (χ1n) is 7.61. The summed E-state index contributed by atoms with van der Waals surface area (Å²) in [5.74, 6) is 2.49. The van der Waals surface area contributed by atoms with Crippen LogP contribution in [0.3, 0.4) is 0 Å². The average molecular weight is 245 g/mol. The summed E-state index contributed by atoms with van der Waals surface area (Å²) in [4.78, 5) is 0. The van der Waals surface area contributed by atoms with E-state index in [1.54, 1.807) is 0 Å². The first-order valence-corrected chi connectivity index (χ1v) is 7.61. The van der Waals surface area contributed by atoms with Crippen LogP contribution in [0, 0.1) is 23.2 Å². The van der Waals surface area contributed by atoms with Gasteiger partial charge >= 0.3 is 0 Å². The molecule has 1 nitrogen and oxygen atoms in total. The molecule has 1 heteroatoms. The SMILES string of the molecule is C=CC1=CCCC2C1CCC1(C)C2CC[C@]1(C)N. The molecule has 0 aliphatic heterocycles. The minimum atomic E-state index is 0.0537. The van der Waals surface area contributed by atoms with E-state index in [0.717, 1.165) is 17.8 Å². The standard InChI is InChI=1S/C17H27N/c1-4-12-6-5-7-14-13(12)8-10-16(2)15(14)9-11-17(16,3)18/h4,6,13-15H,1,5,7-11,18H2,2-3H3/t13?,14?,15?,16?,17-/m0/s1. The molecule has 0 radical (unpaired) electrons. The van der Waals surface area contributed by atoms with Gasteiger partial charge < -0.3 is 5.73 Å². The average Bonchev–Trinajstić information content (AvgIpc) is 2.60. The molecule has 0 aromatic carbocycles. The van der Waals surface area contributed by atoms with E-state index in [9.17, 15) is 0 Å². The lowest BCUT2D eigenvalue weighted by Crippen LogP contribution is -2.54. The second-order valence-corrected chi connectivity index (χ2v) is 7.27. The van der Waals surface area contributed by atoms with E-state index < -0.39 is 0 Å². The van der Waals surface area contributed by atoms with E-state index in [4.69, 9.17) is 5.73 Å². The lowest BCUT2D eigenvalue weighted by Gasteiger charge is -2.52. The van der Waals surface area contributed by atoms with Gasteiger partial charge in [-0.2, -0.15) is 0 Å². The summed E-state index contributed by atoms with van der Waals surface area (Å²) in [6.07, 6.45) is 12.3. The summed E-state index contributed by atoms with van der Waals surface area (Å²) in [5.41, 5.74) is 8.57. The monoisotopic (exact) mass is 245 g/mol. The first-order chi connectivity index (χ1) is 8.49. The Balaban J connectivity index is 1.93. The van der Waals surface area contributed by atoms with Crippen LogP contribution in [-0.2, 0) is 0 Å². The molecule has 5 atom stereocenters. The van der Waals surface area contributed by atoms with Crippen molar-refractivity contribution < 1.29 is 0 Å². The van der Waals surface area contributed by atoms with Crippen molar-refractivity contribution in [2.45, 2.75) is 57.9 Å². The highest BCUT2D eigenvalue weighted by Gasteiger charge is 2.58. The Hall–Kier alpha value is -0.560. The van der Waals surface area contributed by atoms with Crippen LogP contribution in [0.25, 0.3) is 0 Å². The van der Waals surface area contributed by atoms with Gasteiger partial charge in [0.2, 0.25) is 0 Å². The molecule has 2 saturated carbocycles. The lowest BCUT2D eigenvalue weighted by atomic mass is 9.53. The molecule has 0 saturated heterocycles. The Kier molecular flexibility index (Phi) is 2.75. The zero-order valence-corrected chi connectivity index (χ0v) is 11.9. The quantitative estimate of drug-likeness (QED) is 0.741. The molecule has 18 heavy (non-hydrogen) atoms. The van der Waals surface area contributed by atoms with Gasteiger partial charge in [-0.15, -0.1) is 0 Å². The molecular formula is C17H27N. The Morgan fingerprint density at radius 2 is 2.06 bits per heavy atom. The van der Waals surface area contributed by atoms with E-state index in [0.29, 0.717) is 5.41 Å². The molecule has 0 amide bonds. The molecule has 2 N–H and O–H groups in total. The maximum atomic E-state index is 6.62. The molecule has 4 unspecified atom stereocenters. The van der Waals surface area contributed by atoms with Gasteiger partial charge in [-0.3, -0.25) is 0 Å². The number of hydrogen-bond donors (Lipinski definition) is 1. The number of nitrogens with two attached hydrogens (primary N) is 1. The summed E-state index contributed by atoms with van der Waals surface area (Å²) in [5, 5.41) is 0. The van der Waals surface area contributed by atoms with Crippen molar-refractivity contribution >= 4 is 0 Å². The molecule has 3 aliphatic carbocycles. The van der Waals surface area contributed by atoms with Gasteiger partial charge in [-0.1, -0.05) is 25.7 Å². The van der Waals surface area contributed by atoms with E-state index >= 15 is 0 Å². The van der Waals surface area contributed by atoms with Gasteiger partial charge in [0.25, 0.3) is 0 Å². The second-order valence-electron chi connectivity index (χ2n) is 7.27. The molecule has 0 heterocycles. The van der Waals surface area contributed by atoms with Gasteiger partial charge in [0, 0.05) is 5.54 Å². The van der Waals surface area contributed by atoms with Crippen molar-refractivity contribution in [1.82, 2.24) is 0 Å². The van der Waals surface area contributed by atoms with E-state index in [-0.39, 0.29) is 5.54 Å². The Bertz CT molecular complexity index is 392. The molecule has 3 rings (SSSR count). The van der Waals surface area contributed by atoms with Gasteiger partial charge in [0.05, 0.1) is 0 Å². The fraction of sp³-hybridized carbons (Fsp3) is 0.765. The zero-order chi connectivity index (χ0) is 13.0. The smallest absolute Gasteiger partial charge is 0.0182 e. The molecule has 2 fully saturated rings. The largest absolute Gasteiger partial charge is 0.325 e. The highest BCUT2D eigenvalue weighted by atomic mass is 14.8. The van der Waals surface area contributed by atoms with Crippen LogP contribution < -0.4 is 5.73 Å². The maximum Gasteiger partial charge on any atom is 0.0182 e. The predicted octanol–water partition coefficient (Wildman–Crippen LogP) is 4.05. The molecule has 0 aromatic rings. The second kappa shape index (κ2) is 3.96. The van der Waals surface area contributed by atoms with E-state index in [1.807, 2.05) is 0 Å². The fourth-order valence-electron chi connectivity index (χ4n) is 5.24. The summed E-state index contributed by atoms with van der Waals surface area (Å²) in [6, 6.07) is 0. The van der Waals surface area contributed by atoms with Crippen molar-refractivity contribution in [2.75, 3.05) is 0 Å². The lowest BCUT2D eigenvalue weighted by molar-refractivity contribution is 0.0109. The number of rotatable bonds is 1. The van der Waals surface area contributed by atoms with Crippen LogP contribution >= 0.6 is 0 Å². The van der Waals surface area contributed by atoms with Crippen molar-refractivity contribution in [1.29, 1.82) is 0 Å². The van der Waals surface area contributed by atoms with E-state index in [1.165, 1.54) is 44.1 Å². The van der Waals surface area contributed by atoms with Crippen molar-refractivity contribution in [3.05, 3.63) is 24.3 Å². The minimum Gasteiger partial charge on any atom is -0.325 e. The highest BCUT2D eigenvalue weighted by Crippen LogP contribution is 2.62. The molecule has 0 aromatic heterocycles. The van der Waals surface area contributed by atoms with Crippen LogP contribution in [-0.4, -0.2) is 5.54 Å². The molecule has 0 spiro atoms. The van der Waals surface area contributed by atoms with Crippen LogP contribution in [0.4, 0.5) is 0 Å². The van der Waals surface area contributed by atoms with Gasteiger partial charge in [-0.25, -0.2) is 0 Å². The Labute approximate surface area is 112 Å². The Morgan fingerprint density at radius 3 is 2.78 bits per heavy atom. The summed E-state index contributed by atoms with van der Waals surface area (Å²) >= 11 is 0. The predicted molar refractivity (Wildman–Crippen MR) is 77.2 cm³/mol. The summed E-state index contributed by atoms with van der Waals surface area (Å²) in [6.45, 7) is 8.77. The first kappa shape index (κ1) is 12.5. The third-order valence-electron chi connectivity index (χ3n) is 6.65. The topological polar surface area (TPSA) is 26.0 Å². The fourth-order valence-corrected chi connectivity index (χ4v) is 5.24. The normalized spacial score (nSPS) is 51.3. The van der Waals surface area contributed by atoms with Crippen LogP contribution in [0.2, 0.25) is 0 Å².